The summed E-state index contributed by atoms with van der Waals surface area (Å²) in [5.41, 5.74) is 1.53. The first-order chi connectivity index (χ1) is 14.3. The average molecular weight is 411 g/mol. The van der Waals surface area contributed by atoms with E-state index >= 15 is 0 Å². The number of fused-ring (bicyclic) bond motifs is 5. The first-order valence-electron chi connectivity index (χ1n) is 11.5. The van der Waals surface area contributed by atoms with E-state index in [1.807, 2.05) is 6.08 Å². The Bertz CT molecular complexity index is 921. The summed E-state index contributed by atoms with van der Waals surface area (Å²) >= 11 is 0. The Morgan fingerprint density at radius 3 is 2.63 bits per heavy atom. The van der Waals surface area contributed by atoms with Crippen molar-refractivity contribution in [3.05, 3.63) is 47.3 Å². The van der Waals surface area contributed by atoms with Gasteiger partial charge in [0, 0.05) is 11.8 Å². The van der Waals surface area contributed by atoms with Crippen LogP contribution in [-0.4, -0.2) is 17.9 Å². The molecule has 6 atom stereocenters. The van der Waals surface area contributed by atoms with Crippen LogP contribution in [0.2, 0.25) is 0 Å². The molecule has 0 aliphatic heterocycles. The summed E-state index contributed by atoms with van der Waals surface area (Å²) < 4.78 is 20.0. The molecule has 1 unspecified atom stereocenters. The maximum absolute atomic E-state index is 14.1. The lowest BCUT2D eigenvalue weighted by Gasteiger charge is -2.57. The molecule has 0 bridgehead atoms. The minimum Gasteiger partial charge on any atom is -0.458 e. The quantitative estimate of drug-likeness (QED) is 0.572. The van der Waals surface area contributed by atoms with Crippen LogP contribution in [0.15, 0.2) is 35.9 Å². The molecule has 5 rings (SSSR count). The van der Waals surface area contributed by atoms with Crippen LogP contribution in [0, 0.1) is 34.4 Å². The second kappa shape index (κ2) is 7.03. The van der Waals surface area contributed by atoms with Gasteiger partial charge < -0.3 is 4.74 Å². The van der Waals surface area contributed by atoms with Gasteiger partial charge in [0.05, 0.1) is 5.56 Å². The third-order valence-electron chi connectivity index (χ3n) is 9.22. The summed E-state index contributed by atoms with van der Waals surface area (Å²) in [4.78, 5) is 24.7. The van der Waals surface area contributed by atoms with Crippen molar-refractivity contribution in [3.8, 4) is 0 Å². The molecule has 0 aromatic heterocycles. The fourth-order valence-electron chi connectivity index (χ4n) is 7.52. The lowest BCUT2D eigenvalue weighted by Crippen LogP contribution is -2.51. The van der Waals surface area contributed by atoms with Gasteiger partial charge in [-0.05, 0) is 86.3 Å². The van der Waals surface area contributed by atoms with E-state index in [0.29, 0.717) is 30.0 Å². The average Bonchev–Trinajstić information content (AvgIpc) is 3.05. The Morgan fingerprint density at radius 2 is 1.83 bits per heavy atom. The van der Waals surface area contributed by atoms with Gasteiger partial charge in [0.15, 0.2) is 5.78 Å². The summed E-state index contributed by atoms with van der Waals surface area (Å²) in [5, 5.41) is 0. The van der Waals surface area contributed by atoms with E-state index in [0.717, 1.165) is 44.9 Å². The summed E-state index contributed by atoms with van der Waals surface area (Å²) in [6, 6.07) is 6.07. The van der Waals surface area contributed by atoms with Crippen molar-refractivity contribution in [1.82, 2.24) is 0 Å². The molecule has 0 heterocycles. The minimum atomic E-state index is -0.534. The van der Waals surface area contributed by atoms with Gasteiger partial charge in [-0.3, -0.25) is 4.79 Å². The third kappa shape index (κ3) is 2.90. The number of benzene rings is 1. The topological polar surface area (TPSA) is 43.4 Å². The number of allylic oxidation sites excluding steroid dienone is 1. The Balaban J connectivity index is 1.37. The fraction of sp³-hybridized carbons (Fsp3) is 0.615. The number of carbonyl (C=O) groups excluding carboxylic acids is 2. The molecule has 0 radical (unpaired) electrons. The molecule has 30 heavy (non-hydrogen) atoms. The van der Waals surface area contributed by atoms with Crippen molar-refractivity contribution in [1.29, 1.82) is 0 Å². The van der Waals surface area contributed by atoms with Gasteiger partial charge in [0.25, 0.3) is 0 Å². The van der Waals surface area contributed by atoms with Gasteiger partial charge in [-0.15, -0.1) is 0 Å². The molecule has 0 amide bonds. The zero-order valence-corrected chi connectivity index (χ0v) is 18.0. The van der Waals surface area contributed by atoms with Gasteiger partial charge in [-0.25, -0.2) is 9.18 Å². The first-order valence-corrected chi connectivity index (χ1v) is 11.5. The number of ketones is 1. The van der Waals surface area contributed by atoms with Crippen LogP contribution >= 0.6 is 0 Å². The predicted molar refractivity (Wildman–Crippen MR) is 112 cm³/mol. The highest BCUT2D eigenvalue weighted by molar-refractivity contribution is 5.91. The van der Waals surface area contributed by atoms with Crippen LogP contribution in [0.1, 0.15) is 75.6 Å². The van der Waals surface area contributed by atoms with E-state index in [4.69, 9.17) is 4.74 Å². The molecule has 0 N–H and O–H groups in total. The van der Waals surface area contributed by atoms with E-state index in [2.05, 4.69) is 13.8 Å². The number of esters is 1. The van der Waals surface area contributed by atoms with Crippen molar-refractivity contribution in [2.45, 2.75) is 71.3 Å². The molecule has 3 saturated carbocycles. The van der Waals surface area contributed by atoms with Crippen LogP contribution < -0.4 is 0 Å². The van der Waals surface area contributed by atoms with Crippen LogP contribution in [0.4, 0.5) is 4.39 Å². The van der Waals surface area contributed by atoms with Crippen molar-refractivity contribution in [2.75, 3.05) is 0 Å². The van der Waals surface area contributed by atoms with Crippen molar-refractivity contribution < 1.29 is 18.7 Å². The normalized spacial score (nSPS) is 40.1. The molecule has 1 aromatic carbocycles. The Hall–Kier alpha value is -1.97. The van der Waals surface area contributed by atoms with E-state index < -0.39 is 11.8 Å². The maximum Gasteiger partial charge on any atom is 0.341 e. The Labute approximate surface area is 178 Å². The van der Waals surface area contributed by atoms with Crippen molar-refractivity contribution in [2.24, 2.45) is 28.6 Å². The third-order valence-corrected chi connectivity index (χ3v) is 9.22. The lowest BCUT2D eigenvalue weighted by molar-refractivity contribution is -0.118. The van der Waals surface area contributed by atoms with Crippen LogP contribution in [0.3, 0.4) is 0 Å². The minimum absolute atomic E-state index is 0.0325. The van der Waals surface area contributed by atoms with Gasteiger partial charge in [0.1, 0.15) is 11.9 Å². The van der Waals surface area contributed by atoms with Crippen LogP contribution in [-0.2, 0) is 9.53 Å². The molecule has 3 nitrogen and oxygen atoms in total. The largest absolute Gasteiger partial charge is 0.458 e. The van der Waals surface area contributed by atoms with Gasteiger partial charge in [0.2, 0.25) is 0 Å². The number of hydrogen-bond donors (Lipinski definition) is 0. The van der Waals surface area contributed by atoms with Gasteiger partial charge in [-0.1, -0.05) is 31.6 Å². The Kier molecular flexibility index (Phi) is 4.68. The standard InChI is InChI=1S/C26H31FO3/c1-25-13-11-17(28)15-16(25)7-8-18-20-9-10-23(26(20,2)14-12-21(18)25)30-24(29)19-5-3-4-6-22(19)27/h3-6,15,18,20-21,23H,7-14H2,1-2H3/t18-,20-,21+,23?,25-,26-/m0/s1. The lowest BCUT2D eigenvalue weighted by atomic mass is 9.47. The molecular weight excluding hydrogens is 379 g/mol. The summed E-state index contributed by atoms with van der Waals surface area (Å²) in [6.45, 7) is 4.67. The van der Waals surface area contributed by atoms with Crippen molar-refractivity contribution >= 4 is 11.8 Å². The van der Waals surface area contributed by atoms with E-state index in [9.17, 15) is 14.0 Å². The molecule has 4 aliphatic carbocycles. The molecule has 0 saturated heterocycles. The zero-order chi connectivity index (χ0) is 21.1. The second-order valence-corrected chi connectivity index (χ2v) is 10.5. The molecule has 1 aromatic rings. The highest BCUT2D eigenvalue weighted by Crippen LogP contribution is 2.65. The molecule has 4 aliphatic rings. The molecule has 4 heteroatoms. The monoisotopic (exact) mass is 410 g/mol. The van der Waals surface area contributed by atoms with Crippen LogP contribution in [0.25, 0.3) is 0 Å². The predicted octanol–water partition coefficient (Wildman–Crippen LogP) is 5.88. The van der Waals surface area contributed by atoms with Gasteiger partial charge >= 0.3 is 5.97 Å². The SMILES string of the molecule is C[C@]12CCC(=O)C=C1CC[C@@H]1[C@H]2CC[C@]2(C)C(OC(=O)c3ccccc3F)CC[C@@H]12. The Morgan fingerprint density at radius 1 is 1.03 bits per heavy atom. The summed E-state index contributed by atoms with van der Waals surface area (Å²) in [6.07, 6.45) is 9.70. The number of halogens is 1. The van der Waals surface area contributed by atoms with Crippen molar-refractivity contribution in [3.63, 3.8) is 0 Å². The van der Waals surface area contributed by atoms with E-state index in [1.54, 1.807) is 12.1 Å². The molecular formula is C26H31FO3. The highest BCUT2D eigenvalue weighted by Gasteiger charge is 2.60. The first kappa shape index (κ1) is 20.0. The summed E-state index contributed by atoms with van der Waals surface area (Å²) in [7, 11) is 0. The highest BCUT2D eigenvalue weighted by atomic mass is 19.1. The zero-order valence-electron chi connectivity index (χ0n) is 18.0. The van der Waals surface area contributed by atoms with E-state index in [1.165, 1.54) is 17.7 Å². The number of hydrogen-bond acceptors (Lipinski definition) is 3. The van der Waals surface area contributed by atoms with Gasteiger partial charge in [-0.2, -0.15) is 0 Å². The van der Waals surface area contributed by atoms with E-state index in [-0.39, 0.29) is 22.5 Å². The fourth-order valence-corrected chi connectivity index (χ4v) is 7.52. The molecule has 160 valence electrons. The van der Waals surface area contributed by atoms with Crippen LogP contribution in [0.5, 0.6) is 0 Å². The second-order valence-electron chi connectivity index (χ2n) is 10.5. The smallest absolute Gasteiger partial charge is 0.341 e. The number of ether oxygens (including phenoxy) is 1. The number of carbonyl (C=O) groups is 2. The number of rotatable bonds is 2. The molecule has 3 fully saturated rings. The molecule has 0 spiro atoms. The summed E-state index contributed by atoms with van der Waals surface area (Å²) in [5.74, 6) is 1.01. The maximum atomic E-state index is 14.1.